The molecule has 1 amide bonds. The van der Waals surface area contributed by atoms with Gasteiger partial charge >= 0.3 is 12.1 Å². The lowest BCUT2D eigenvalue weighted by Gasteiger charge is -2.34. The molecule has 12 nitrogen and oxygen atoms in total. The van der Waals surface area contributed by atoms with Gasteiger partial charge in [0.1, 0.15) is 5.65 Å². The first-order chi connectivity index (χ1) is 20.9. The smallest absolute Gasteiger partial charge is 0.475 e. The zero-order valence-electron chi connectivity index (χ0n) is 24.3. The van der Waals surface area contributed by atoms with Gasteiger partial charge in [0, 0.05) is 94.5 Å². The molecule has 2 saturated heterocycles. The summed E-state index contributed by atoms with van der Waals surface area (Å²) in [5.74, 6) is -2.33. The van der Waals surface area contributed by atoms with Crippen LogP contribution in [0.25, 0.3) is 11.0 Å². The molecule has 0 radical (unpaired) electrons. The summed E-state index contributed by atoms with van der Waals surface area (Å²) in [5.41, 5.74) is 2.63. The molecule has 0 atom stereocenters. The van der Waals surface area contributed by atoms with Crippen molar-refractivity contribution < 1.29 is 27.9 Å². The number of nitrogens with zero attached hydrogens (tertiary/aromatic N) is 7. The normalized spacial score (nSPS) is 16.3. The van der Waals surface area contributed by atoms with E-state index in [1.165, 1.54) is 11.8 Å². The Morgan fingerprint density at radius 2 is 1.61 bits per heavy atom. The predicted molar refractivity (Wildman–Crippen MR) is 160 cm³/mol. The van der Waals surface area contributed by atoms with Crippen molar-refractivity contribution in [1.29, 1.82) is 0 Å². The summed E-state index contributed by atoms with van der Waals surface area (Å²) in [5, 5.41) is 11.2. The van der Waals surface area contributed by atoms with Crippen molar-refractivity contribution in [2.24, 2.45) is 0 Å². The van der Waals surface area contributed by atoms with Gasteiger partial charge < -0.3 is 25.1 Å². The number of benzene rings is 1. The van der Waals surface area contributed by atoms with E-state index in [1.807, 2.05) is 12.1 Å². The van der Waals surface area contributed by atoms with Crippen LogP contribution in [0.3, 0.4) is 0 Å². The molecule has 0 saturated carbocycles. The van der Waals surface area contributed by atoms with E-state index in [-0.39, 0.29) is 11.5 Å². The topological polar surface area (TPSA) is 127 Å². The molecule has 2 N–H and O–H groups in total. The molecular formula is C29H35F3N8O4. The largest absolute Gasteiger partial charge is 0.490 e. The van der Waals surface area contributed by atoms with Gasteiger partial charge in [-0.1, -0.05) is 6.58 Å². The van der Waals surface area contributed by atoms with Crippen LogP contribution in [0.5, 0.6) is 0 Å². The Morgan fingerprint density at radius 1 is 0.977 bits per heavy atom. The molecule has 2 fully saturated rings. The summed E-state index contributed by atoms with van der Waals surface area (Å²) < 4.78 is 33.4. The number of hydrogen-bond donors (Lipinski definition) is 2. The molecule has 0 spiro atoms. The number of likely N-dealkylation sites (N-methyl/N-ethyl adjacent to an activating group) is 1. The summed E-state index contributed by atoms with van der Waals surface area (Å²) in [4.78, 5) is 51.5. The first-order valence-electron chi connectivity index (χ1n) is 14.1. The quantitative estimate of drug-likeness (QED) is 0.382. The number of pyridine rings is 1. The second-order valence-electron chi connectivity index (χ2n) is 10.4. The highest BCUT2D eigenvalue weighted by atomic mass is 19.4. The highest BCUT2D eigenvalue weighted by Crippen LogP contribution is 2.22. The third kappa shape index (κ3) is 8.54. The second-order valence-corrected chi connectivity index (χ2v) is 10.4. The van der Waals surface area contributed by atoms with Crippen LogP contribution in [-0.4, -0.2) is 118 Å². The zero-order chi connectivity index (χ0) is 31.9. The molecule has 2 aliphatic heterocycles. The van der Waals surface area contributed by atoms with E-state index in [0.29, 0.717) is 37.8 Å². The van der Waals surface area contributed by atoms with Gasteiger partial charge in [-0.3, -0.25) is 19.1 Å². The van der Waals surface area contributed by atoms with E-state index >= 15 is 0 Å². The van der Waals surface area contributed by atoms with E-state index in [4.69, 9.17) is 14.9 Å². The van der Waals surface area contributed by atoms with Crippen LogP contribution in [-0.2, 0) is 16.1 Å². The summed E-state index contributed by atoms with van der Waals surface area (Å²) in [7, 11) is 2.16. The van der Waals surface area contributed by atoms with Crippen molar-refractivity contribution in [3.63, 3.8) is 0 Å². The Bertz CT molecular complexity index is 1510. The van der Waals surface area contributed by atoms with Crippen LogP contribution >= 0.6 is 0 Å². The number of anilines is 3. The summed E-state index contributed by atoms with van der Waals surface area (Å²) in [6.07, 6.45) is -1.97. The standard InChI is InChI=1S/C27H34N8O2.C2HF3O2/c1-3-24(36)34-17-12-32(13-18-34)14-19-35-25(37)9-4-21-20-28-27(30-26(21)35)29-22-5-7-23(8-6-22)33-15-10-31(2)11-16-33;3-2(4,5)1(6)7/h3-9,20H,1,10-19H2,2H3,(H,28,29,30);(H,6,7). The number of carbonyl (C=O) groups is 2. The Morgan fingerprint density at radius 3 is 2.20 bits per heavy atom. The molecule has 0 aliphatic carbocycles. The van der Waals surface area contributed by atoms with E-state index < -0.39 is 12.1 Å². The third-order valence-electron chi connectivity index (χ3n) is 7.46. The van der Waals surface area contributed by atoms with Crippen LogP contribution in [0.4, 0.5) is 30.5 Å². The van der Waals surface area contributed by atoms with Gasteiger partial charge in [-0.15, -0.1) is 0 Å². The number of aromatic nitrogens is 3. The maximum absolute atomic E-state index is 12.8. The average molecular weight is 617 g/mol. The lowest BCUT2D eigenvalue weighted by atomic mass is 10.2. The molecule has 5 rings (SSSR count). The van der Waals surface area contributed by atoms with Gasteiger partial charge in [-0.25, -0.2) is 9.78 Å². The minimum Gasteiger partial charge on any atom is -0.475 e. The number of hydrogen-bond acceptors (Lipinski definition) is 9. The Hall–Kier alpha value is -4.50. The van der Waals surface area contributed by atoms with Crippen LogP contribution in [0.15, 0.2) is 60.0 Å². The maximum atomic E-state index is 12.8. The molecule has 2 aliphatic rings. The molecule has 2 aromatic heterocycles. The number of nitrogens with one attached hydrogen (secondary N) is 1. The van der Waals surface area contributed by atoms with Gasteiger partial charge in [-0.05, 0) is 43.5 Å². The molecule has 4 heterocycles. The van der Waals surface area contributed by atoms with E-state index in [1.54, 1.807) is 27.8 Å². The Labute approximate surface area is 252 Å². The molecule has 0 unspecified atom stereocenters. The molecule has 3 aromatic rings. The Kier molecular flexibility index (Phi) is 10.5. The summed E-state index contributed by atoms with van der Waals surface area (Å²) in [6, 6.07) is 11.6. The number of carboxylic acids is 1. The van der Waals surface area contributed by atoms with Crippen LogP contribution in [0.2, 0.25) is 0 Å². The minimum atomic E-state index is -5.08. The summed E-state index contributed by atoms with van der Waals surface area (Å²) >= 11 is 0. The molecular weight excluding hydrogens is 581 g/mol. The van der Waals surface area contributed by atoms with Crippen molar-refractivity contribution in [1.82, 2.24) is 29.2 Å². The molecule has 0 bridgehead atoms. The van der Waals surface area contributed by atoms with Crippen molar-refractivity contribution >= 4 is 40.2 Å². The van der Waals surface area contributed by atoms with Crippen molar-refractivity contribution in [3.8, 4) is 0 Å². The lowest BCUT2D eigenvalue weighted by molar-refractivity contribution is -0.192. The highest BCUT2D eigenvalue weighted by Gasteiger charge is 2.38. The number of halogens is 3. The lowest BCUT2D eigenvalue weighted by Crippen LogP contribution is -2.49. The number of carbonyl (C=O) groups excluding carboxylic acids is 1. The number of alkyl halides is 3. The molecule has 44 heavy (non-hydrogen) atoms. The monoisotopic (exact) mass is 616 g/mol. The van der Waals surface area contributed by atoms with Crippen molar-refractivity contribution in [2.75, 3.05) is 76.2 Å². The molecule has 236 valence electrons. The van der Waals surface area contributed by atoms with Crippen molar-refractivity contribution in [2.45, 2.75) is 12.7 Å². The van der Waals surface area contributed by atoms with E-state index in [0.717, 1.165) is 50.3 Å². The Balaban J connectivity index is 0.000000566. The van der Waals surface area contributed by atoms with E-state index in [2.05, 4.69) is 50.8 Å². The number of aliphatic carboxylic acids is 1. The van der Waals surface area contributed by atoms with Crippen LogP contribution in [0.1, 0.15) is 0 Å². The average Bonchev–Trinajstić information content (AvgIpc) is 3.01. The predicted octanol–water partition coefficient (Wildman–Crippen LogP) is 2.25. The number of rotatable bonds is 7. The fraction of sp³-hybridized carbons (Fsp3) is 0.414. The SMILES string of the molecule is C=CC(=O)N1CCN(CCn2c(=O)ccc3cnc(Nc4ccc(N5CCN(C)CC5)cc4)nc32)CC1.O=C(O)C(F)(F)F. The summed E-state index contributed by atoms with van der Waals surface area (Å²) in [6.45, 7) is 11.8. The maximum Gasteiger partial charge on any atom is 0.490 e. The third-order valence-corrected chi connectivity index (χ3v) is 7.46. The minimum absolute atomic E-state index is 0.0318. The van der Waals surface area contributed by atoms with Crippen LogP contribution < -0.4 is 15.8 Å². The first kappa shape index (κ1) is 32.4. The number of fused-ring (bicyclic) bond motifs is 1. The van der Waals surface area contributed by atoms with Gasteiger partial charge in [-0.2, -0.15) is 18.2 Å². The van der Waals surface area contributed by atoms with Crippen molar-refractivity contribution in [3.05, 3.63) is 65.6 Å². The second kappa shape index (κ2) is 14.3. The fourth-order valence-corrected chi connectivity index (χ4v) is 4.86. The van der Waals surface area contributed by atoms with E-state index in [9.17, 15) is 22.8 Å². The zero-order valence-corrected chi connectivity index (χ0v) is 24.3. The fourth-order valence-electron chi connectivity index (χ4n) is 4.86. The van der Waals surface area contributed by atoms with Gasteiger partial charge in [0.15, 0.2) is 0 Å². The van der Waals surface area contributed by atoms with Gasteiger partial charge in [0.05, 0.1) is 0 Å². The number of carboxylic acid groups (broad SMARTS) is 1. The van der Waals surface area contributed by atoms with Gasteiger partial charge in [0.2, 0.25) is 11.9 Å². The van der Waals surface area contributed by atoms with Crippen LogP contribution in [0, 0.1) is 0 Å². The molecule has 15 heteroatoms. The highest BCUT2D eigenvalue weighted by molar-refractivity contribution is 5.87. The first-order valence-corrected chi connectivity index (χ1v) is 14.1. The number of amides is 1. The number of piperazine rings is 2. The molecule has 1 aromatic carbocycles. The van der Waals surface area contributed by atoms with Gasteiger partial charge in [0.25, 0.3) is 5.56 Å².